The molecular weight excluding hydrogens is 248 g/mol. The molecule has 0 bridgehead atoms. The Bertz CT molecular complexity index is 628. The van der Waals surface area contributed by atoms with Crippen LogP contribution in [0.5, 0.6) is 0 Å². The largest absolute Gasteiger partial charge is 0.398 e. The van der Waals surface area contributed by atoms with E-state index in [1.165, 1.54) is 18.3 Å². The van der Waals surface area contributed by atoms with Crippen LogP contribution < -0.4 is 11.1 Å². The van der Waals surface area contributed by atoms with Crippen LogP contribution in [0.3, 0.4) is 0 Å². The van der Waals surface area contributed by atoms with Crippen LogP contribution in [0.4, 0.5) is 17.2 Å². The third kappa shape index (κ3) is 2.83. The van der Waals surface area contributed by atoms with Crippen molar-refractivity contribution in [2.75, 3.05) is 11.1 Å². The second-order valence-electron chi connectivity index (χ2n) is 3.70. The fourth-order valence-corrected chi connectivity index (χ4v) is 1.47. The van der Waals surface area contributed by atoms with Crippen LogP contribution >= 0.6 is 0 Å². The number of non-ortho nitro benzene ring substituents is 1. The molecule has 0 aliphatic rings. The highest BCUT2D eigenvalue weighted by Gasteiger charge is 2.15. The third-order valence-electron chi connectivity index (χ3n) is 2.40. The number of nitrogens with zero attached hydrogens (tertiary/aromatic N) is 2. The van der Waals surface area contributed by atoms with Gasteiger partial charge in [-0.1, -0.05) is 6.07 Å². The molecule has 0 atom stereocenters. The second-order valence-corrected chi connectivity index (χ2v) is 3.70. The fraction of sp³-hybridized carbons (Fsp3) is 0. The van der Waals surface area contributed by atoms with Crippen molar-refractivity contribution in [1.82, 2.24) is 4.98 Å². The van der Waals surface area contributed by atoms with Gasteiger partial charge in [-0.05, 0) is 18.2 Å². The number of amides is 1. The Kier molecular flexibility index (Phi) is 3.37. The number of pyridine rings is 1. The molecule has 0 aliphatic heterocycles. The van der Waals surface area contributed by atoms with Gasteiger partial charge in [0.05, 0.1) is 10.5 Å². The summed E-state index contributed by atoms with van der Waals surface area (Å²) in [6, 6.07) is 8.72. The number of anilines is 2. The predicted molar refractivity (Wildman–Crippen MR) is 69.7 cm³/mol. The lowest BCUT2D eigenvalue weighted by atomic mass is 10.1. The SMILES string of the molecule is Nc1ccc([N+](=O)[O-])cc1C(=O)Nc1ccccn1. The lowest BCUT2D eigenvalue weighted by molar-refractivity contribution is -0.384. The summed E-state index contributed by atoms with van der Waals surface area (Å²) in [5.41, 5.74) is 5.65. The van der Waals surface area contributed by atoms with Crippen molar-refractivity contribution in [2.45, 2.75) is 0 Å². The van der Waals surface area contributed by atoms with E-state index in [4.69, 9.17) is 5.73 Å². The van der Waals surface area contributed by atoms with Crippen LogP contribution in [0, 0.1) is 10.1 Å². The number of nitrogens with two attached hydrogens (primary N) is 1. The van der Waals surface area contributed by atoms with E-state index in [0.717, 1.165) is 6.07 Å². The molecule has 19 heavy (non-hydrogen) atoms. The molecule has 0 unspecified atom stereocenters. The summed E-state index contributed by atoms with van der Waals surface area (Å²) in [7, 11) is 0. The molecule has 7 nitrogen and oxygen atoms in total. The standard InChI is InChI=1S/C12H10N4O3/c13-10-5-4-8(16(18)19)7-9(10)12(17)15-11-3-1-2-6-14-11/h1-7H,13H2,(H,14,15,17). The van der Waals surface area contributed by atoms with Gasteiger partial charge in [-0.25, -0.2) is 4.98 Å². The average Bonchev–Trinajstić information content (AvgIpc) is 2.40. The molecule has 7 heteroatoms. The van der Waals surface area contributed by atoms with Crippen molar-refractivity contribution < 1.29 is 9.72 Å². The maximum Gasteiger partial charge on any atom is 0.270 e. The highest BCUT2D eigenvalue weighted by molar-refractivity contribution is 6.07. The van der Waals surface area contributed by atoms with Crippen LogP contribution in [-0.4, -0.2) is 15.8 Å². The molecule has 1 aromatic carbocycles. The van der Waals surface area contributed by atoms with Crippen LogP contribution in [0.1, 0.15) is 10.4 Å². The van der Waals surface area contributed by atoms with Gasteiger partial charge < -0.3 is 11.1 Å². The van der Waals surface area contributed by atoms with Crippen molar-refractivity contribution >= 4 is 23.1 Å². The number of hydrogen-bond acceptors (Lipinski definition) is 5. The van der Waals surface area contributed by atoms with E-state index in [2.05, 4.69) is 10.3 Å². The zero-order chi connectivity index (χ0) is 13.8. The van der Waals surface area contributed by atoms with Crippen LogP contribution in [-0.2, 0) is 0 Å². The molecule has 2 aromatic rings. The average molecular weight is 258 g/mol. The first kappa shape index (κ1) is 12.5. The van der Waals surface area contributed by atoms with E-state index in [1.54, 1.807) is 18.2 Å². The maximum absolute atomic E-state index is 12.0. The summed E-state index contributed by atoms with van der Waals surface area (Å²) >= 11 is 0. The first-order valence-electron chi connectivity index (χ1n) is 5.34. The van der Waals surface area contributed by atoms with Crippen molar-refractivity contribution in [3.05, 3.63) is 58.3 Å². The van der Waals surface area contributed by atoms with Crippen molar-refractivity contribution in [3.63, 3.8) is 0 Å². The summed E-state index contributed by atoms with van der Waals surface area (Å²) in [6.45, 7) is 0. The number of aromatic nitrogens is 1. The molecule has 0 saturated heterocycles. The van der Waals surface area contributed by atoms with Gasteiger partial charge in [0.1, 0.15) is 5.82 Å². The Morgan fingerprint density at radius 1 is 1.32 bits per heavy atom. The van der Waals surface area contributed by atoms with Gasteiger partial charge in [0.25, 0.3) is 11.6 Å². The van der Waals surface area contributed by atoms with Crippen molar-refractivity contribution in [2.24, 2.45) is 0 Å². The summed E-state index contributed by atoms with van der Waals surface area (Å²) < 4.78 is 0. The molecule has 0 spiro atoms. The second kappa shape index (κ2) is 5.13. The summed E-state index contributed by atoms with van der Waals surface area (Å²) in [4.78, 5) is 26.0. The number of carbonyl (C=O) groups is 1. The lowest BCUT2D eigenvalue weighted by Crippen LogP contribution is -2.15. The van der Waals surface area contributed by atoms with E-state index >= 15 is 0 Å². The van der Waals surface area contributed by atoms with Crippen LogP contribution in [0.2, 0.25) is 0 Å². The van der Waals surface area contributed by atoms with E-state index in [9.17, 15) is 14.9 Å². The molecule has 0 saturated carbocycles. The highest BCUT2D eigenvalue weighted by Crippen LogP contribution is 2.20. The van der Waals surface area contributed by atoms with Gasteiger partial charge >= 0.3 is 0 Å². The number of nitro groups is 1. The number of hydrogen-bond donors (Lipinski definition) is 2. The first-order valence-corrected chi connectivity index (χ1v) is 5.34. The minimum absolute atomic E-state index is 0.0415. The molecule has 1 amide bonds. The summed E-state index contributed by atoms with van der Waals surface area (Å²) in [5, 5.41) is 13.2. The molecule has 0 fully saturated rings. The molecular formula is C12H10N4O3. The van der Waals surface area contributed by atoms with Gasteiger partial charge in [-0.15, -0.1) is 0 Å². The molecule has 1 aromatic heterocycles. The lowest BCUT2D eigenvalue weighted by Gasteiger charge is -2.06. The number of rotatable bonds is 3. The van der Waals surface area contributed by atoms with Gasteiger partial charge in [-0.3, -0.25) is 14.9 Å². The Morgan fingerprint density at radius 3 is 2.74 bits per heavy atom. The van der Waals surface area contributed by atoms with Crippen molar-refractivity contribution in [3.8, 4) is 0 Å². The maximum atomic E-state index is 12.0. The van der Waals surface area contributed by atoms with E-state index in [0.29, 0.717) is 5.82 Å². The molecule has 0 radical (unpaired) electrons. The zero-order valence-corrected chi connectivity index (χ0v) is 9.74. The molecule has 0 aliphatic carbocycles. The van der Waals surface area contributed by atoms with Gasteiger partial charge in [0.2, 0.25) is 0 Å². The Labute approximate surface area is 108 Å². The monoisotopic (exact) mass is 258 g/mol. The first-order chi connectivity index (χ1) is 9.08. The number of carbonyl (C=O) groups excluding carboxylic acids is 1. The van der Waals surface area contributed by atoms with Gasteiger partial charge in [0, 0.05) is 24.0 Å². The number of benzene rings is 1. The Morgan fingerprint density at radius 2 is 2.11 bits per heavy atom. The number of nitrogen functional groups attached to an aromatic ring is 1. The van der Waals surface area contributed by atoms with E-state index in [1.807, 2.05) is 0 Å². The molecule has 1 heterocycles. The minimum atomic E-state index is -0.586. The fourth-order valence-electron chi connectivity index (χ4n) is 1.47. The summed E-state index contributed by atoms with van der Waals surface area (Å²) in [5.74, 6) is -0.196. The molecule has 96 valence electrons. The topological polar surface area (TPSA) is 111 Å². The number of nitro benzene ring substituents is 1. The Hall–Kier alpha value is -2.96. The van der Waals surface area contributed by atoms with E-state index < -0.39 is 10.8 Å². The predicted octanol–water partition coefficient (Wildman–Crippen LogP) is 1.82. The van der Waals surface area contributed by atoms with Crippen LogP contribution in [0.25, 0.3) is 0 Å². The highest BCUT2D eigenvalue weighted by atomic mass is 16.6. The third-order valence-corrected chi connectivity index (χ3v) is 2.40. The number of nitrogens with one attached hydrogen (secondary N) is 1. The van der Waals surface area contributed by atoms with E-state index in [-0.39, 0.29) is 16.9 Å². The minimum Gasteiger partial charge on any atom is -0.398 e. The quantitative estimate of drug-likeness (QED) is 0.495. The molecule has 2 rings (SSSR count). The van der Waals surface area contributed by atoms with Gasteiger partial charge in [0.15, 0.2) is 0 Å². The summed E-state index contributed by atoms with van der Waals surface area (Å²) in [6.07, 6.45) is 1.52. The zero-order valence-electron chi connectivity index (χ0n) is 9.74. The van der Waals surface area contributed by atoms with Crippen molar-refractivity contribution in [1.29, 1.82) is 0 Å². The normalized spacial score (nSPS) is 9.89. The smallest absolute Gasteiger partial charge is 0.270 e. The van der Waals surface area contributed by atoms with Gasteiger partial charge in [-0.2, -0.15) is 0 Å². The Balaban J connectivity index is 2.28. The molecule has 3 N–H and O–H groups in total. The van der Waals surface area contributed by atoms with Crippen LogP contribution in [0.15, 0.2) is 42.6 Å².